The van der Waals surface area contributed by atoms with Crippen LogP contribution in [0.5, 0.6) is 0 Å². The van der Waals surface area contributed by atoms with Crippen molar-refractivity contribution in [2.45, 2.75) is 31.4 Å². The van der Waals surface area contributed by atoms with Crippen LogP contribution in [0.1, 0.15) is 25.3 Å². The largest absolute Gasteiger partial charge is 0.465 e. The minimum Gasteiger partial charge on any atom is -0.465 e. The monoisotopic (exact) mass is 331 g/mol. The lowest BCUT2D eigenvalue weighted by molar-refractivity contribution is -0.149. The van der Waals surface area contributed by atoms with Gasteiger partial charge in [-0.1, -0.05) is 29.5 Å². The first-order valence-corrected chi connectivity index (χ1v) is 8.03. The van der Waals surface area contributed by atoms with Gasteiger partial charge in [0.15, 0.2) is 9.91 Å². The van der Waals surface area contributed by atoms with E-state index in [1.165, 1.54) is 0 Å². The molecular weight excluding hydrogens is 314 g/mol. The van der Waals surface area contributed by atoms with Crippen molar-refractivity contribution in [1.29, 1.82) is 5.26 Å². The molecule has 1 saturated heterocycles. The van der Waals surface area contributed by atoms with Crippen LogP contribution < -0.4 is 5.32 Å². The van der Waals surface area contributed by atoms with E-state index in [9.17, 15) is 9.59 Å². The second-order valence-electron chi connectivity index (χ2n) is 5.01. The molecule has 2 rings (SSSR count). The first-order valence-electron chi connectivity index (χ1n) is 7.22. The highest BCUT2D eigenvalue weighted by Crippen LogP contribution is 2.38. The van der Waals surface area contributed by atoms with E-state index >= 15 is 0 Å². The minimum atomic E-state index is -1.44. The van der Waals surface area contributed by atoms with Gasteiger partial charge in [0, 0.05) is 6.42 Å². The van der Waals surface area contributed by atoms with E-state index < -0.39 is 16.6 Å². The maximum atomic E-state index is 12.4. The summed E-state index contributed by atoms with van der Waals surface area (Å²) in [4.78, 5) is 29.0. The van der Waals surface area contributed by atoms with Crippen molar-refractivity contribution >= 4 is 34.5 Å². The summed E-state index contributed by atoms with van der Waals surface area (Å²) in [6.45, 7) is 3.82. The average Bonchev–Trinajstić information content (AvgIpc) is 2.84. The molecule has 1 amide bonds. The third kappa shape index (κ3) is 3.71. The van der Waals surface area contributed by atoms with E-state index in [0.29, 0.717) is 10.9 Å². The van der Waals surface area contributed by atoms with Gasteiger partial charge in [-0.05, 0) is 32.4 Å². The van der Waals surface area contributed by atoms with Crippen LogP contribution in [0.2, 0.25) is 0 Å². The van der Waals surface area contributed by atoms with E-state index in [4.69, 9.17) is 10.00 Å². The van der Waals surface area contributed by atoms with Gasteiger partial charge in [0.1, 0.15) is 0 Å². The van der Waals surface area contributed by atoms with Gasteiger partial charge >= 0.3 is 5.97 Å². The van der Waals surface area contributed by atoms with Crippen LogP contribution in [0.25, 0.3) is 0 Å². The normalized spacial score (nSPS) is 21.8. The number of carbonyl (C=O) groups is 2. The molecule has 1 atom stereocenters. The number of aryl methyl sites for hydroxylation is 1. The number of nitriles is 1. The molecular formula is C16H17N3O3S. The molecule has 1 aromatic carbocycles. The SMILES string of the molecule is CCOC(=O)C1(CCC#N)SC(=Nc2ccc(C)cc2)NC1=O. The summed E-state index contributed by atoms with van der Waals surface area (Å²) in [5.41, 5.74) is 1.78. The van der Waals surface area contributed by atoms with Gasteiger partial charge in [-0.2, -0.15) is 5.26 Å². The van der Waals surface area contributed by atoms with Gasteiger partial charge in [0.2, 0.25) is 0 Å². The molecule has 0 aromatic heterocycles. The molecule has 23 heavy (non-hydrogen) atoms. The van der Waals surface area contributed by atoms with Crippen molar-refractivity contribution in [2.24, 2.45) is 4.99 Å². The summed E-state index contributed by atoms with van der Waals surface area (Å²) in [6, 6.07) is 9.45. The fourth-order valence-corrected chi connectivity index (χ4v) is 3.22. The van der Waals surface area contributed by atoms with Crippen molar-refractivity contribution in [2.75, 3.05) is 6.61 Å². The van der Waals surface area contributed by atoms with E-state index in [1.807, 2.05) is 37.3 Å². The van der Waals surface area contributed by atoms with Crippen LogP contribution in [-0.4, -0.2) is 28.4 Å². The van der Waals surface area contributed by atoms with Gasteiger partial charge in [-0.3, -0.25) is 4.79 Å². The van der Waals surface area contributed by atoms with Crippen LogP contribution in [0.15, 0.2) is 29.3 Å². The smallest absolute Gasteiger partial charge is 0.332 e. The molecule has 120 valence electrons. The van der Waals surface area contributed by atoms with Gasteiger partial charge in [-0.25, -0.2) is 9.79 Å². The quantitative estimate of drug-likeness (QED) is 0.661. The number of esters is 1. The number of amides is 1. The zero-order valence-electron chi connectivity index (χ0n) is 13.0. The molecule has 1 unspecified atom stereocenters. The Morgan fingerprint density at radius 3 is 2.74 bits per heavy atom. The molecule has 0 radical (unpaired) electrons. The number of amidine groups is 1. The number of benzene rings is 1. The highest BCUT2D eigenvalue weighted by atomic mass is 32.2. The zero-order valence-corrected chi connectivity index (χ0v) is 13.8. The molecule has 6 nitrogen and oxygen atoms in total. The Balaban J connectivity index is 2.28. The van der Waals surface area contributed by atoms with Crippen molar-refractivity contribution in [3.63, 3.8) is 0 Å². The molecule has 0 aliphatic carbocycles. The van der Waals surface area contributed by atoms with E-state index in [1.54, 1.807) is 6.92 Å². The Morgan fingerprint density at radius 1 is 1.43 bits per heavy atom. The highest BCUT2D eigenvalue weighted by Gasteiger charge is 2.54. The summed E-state index contributed by atoms with van der Waals surface area (Å²) in [5.74, 6) is -1.12. The van der Waals surface area contributed by atoms with E-state index in [2.05, 4.69) is 10.3 Å². The fourth-order valence-electron chi connectivity index (χ4n) is 2.10. The Labute approximate surface area is 138 Å². The summed E-state index contributed by atoms with van der Waals surface area (Å²) < 4.78 is 3.59. The Kier molecular flexibility index (Phi) is 5.40. The molecule has 1 aliphatic rings. The van der Waals surface area contributed by atoms with Crippen LogP contribution in [-0.2, 0) is 14.3 Å². The molecule has 1 N–H and O–H groups in total. The predicted octanol–water partition coefficient (Wildman–Crippen LogP) is 2.45. The number of nitrogens with zero attached hydrogens (tertiary/aromatic N) is 2. The predicted molar refractivity (Wildman–Crippen MR) is 88.2 cm³/mol. The molecule has 0 bridgehead atoms. The van der Waals surface area contributed by atoms with Crippen molar-refractivity contribution in [3.05, 3.63) is 29.8 Å². The molecule has 1 aromatic rings. The number of ether oxygens (including phenoxy) is 1. The molecule has 1 heterocycles. The lowest BCUT2D eigenvalue weighted by Crippen LogP contribution is -2.45. The molecule has 1 fully saturated rings. The fraction of sp³-hybridized carbons (Fsp3) is 0.375. The van der Waals surface area contributed by atoms with E-state index in [-0.39, 0.29) is 19.4 Å². The van der Waals surface area contributed by atoms with Crippen LogP contribution in [0.4, 0.5) is 5.69 Å². The van der Waals surface area contributed by atoms with Crippen molar-refractivity contribution < 1.29 is 14.3 Å². The van der Waals surface area contributed by atoms with Gasteiger partial charge in [0.25, 0.3) is 5.91 Å². The van der Waals surface area contributed by atoms with Crippen LogP contribution in [0, 0.1) is 18.3 Å². The van der Waals surface area contributed by atoms with Crippen LogP contribution >= 0.6 is 11.8 Å². The minimum absolute atomic E-state index is 0.0804. The number of hydrogen-bond donors (Lipinski definition) is 1. The van der Waals surface area contributed by atoms with Crippen molar-refractivity contribution in [1.82, 2.24) is 5.32 Å². The first kappa shape index (κ1) is 17.0. The number of nitrogens with one attached hydrogen (secondary N) is 1. The Hall–Kier alpha value is -2.33. The standard InChI is InChI=1S/C16H17N3O3S/c1-3-22-14(21)16(9-4-10-17)13(20)19-15(23-16)18-12-7-5-11(2)6-8-12/h5-8H,3-4,9H2,1-2H3,(H,18,19,20). The maximum Gasteiger partial charge on any atom is 0.332 e. The summed E-state index contributed by atoms with van der Waals surface area (Å²) >= 11 is 1.02. The lowest BCUT2D eigenvalue weighted by Gasteiger charge is -2.20. The number of aliphatic imine (C=N–C) groups is 1. The lowest BCUT2D eigenvalue weighted by atomic mass is 10.0. The second-order valence-corrected chi connectivity index (χ2v) is 6.30. The Morgan fingerprint density at radius 2 is 2.13 bits per heavy atom. The number of thioether (sulfide) groups is 1. The second kappa shape index (κ2) is 7.29. The highest BCUT2D eigenvalue weighted by molar-refractivity contribution is 8.17. The summed E-state index contributed by atoms with van der Waals surface area (Å²) in [7, 11) is 0. The summed E-state index contributed by atoms with van der Waals surface area (Å²) in [6.07, 6.45) is 0.169. The third-order valence-corrected chi connectivity index (χ3v) is 4.61. The van der Waals surface area contributed by atoms with E-state index in [0.717, 1.165) is 17.3 Å². The summed E-state index contributed by atoms with van der Waals surface area (Å²) in [5, 5.41) is 11.8. The molecule has 0 spiro atoms. The zero-order chi connectivity index (χ0) is 16.9. The molecule has 0 saturated carbocycles. The Bertz CT molecular complexity index is 679. The van der Waals surface area contributed by atoms with Gasteiger partial charge in [-0.15, -0.1) is 0 Å². The third-order valence-electron chi connectivity index (χ3n) is 3.32. The van der Waals surface area contributed by atoms with Crippen molar-refractivity contribution in [3.8, 4) is 6.07 Å². The first-order chi connectivity index (χ1) is 11.0. The number of carbonyl (C=O) groups excluding carboxylic acids is 2. The maximum absolute atomic E-state index is 12.4. The van der Waals surface area contributed by atoms with Gasteiger partial charge in [0.05, 0.1) is 18.4 Å². The van der Waals surface area contributed by atoms with Gasteiger partial charge < -0.3 is 10.1 Å². The van der Waals surface area contributed by atoms with Crippen LogP contribution in [0.3, 0.4) is 0 Å². The number of rotatable bonds is 5. The molecule has 1 aliphatic heterocycles. The average molecular weight is 331 g/mol. The molecule has 7 heteroatoms. The number of hydrogen-bond acceptors (Lipinski definition) is 6. The topological polar surface area (TPSA) is 91.6 Å².